The normalized spacial score (nSPS) is 11.2. The largest absolute Gasteiger partial charge is 0.444 e. The molecule has 0 saturated heterocycles. The molecule has 0 unspecified atom stereocenters. The highest BCUT2D eigenvalue weighted by Gasteiger charge is 2.16. The Morgan fingerprint density at radius 2 is 2.15 bits per heavy atom. The second kappa shape index (κ2) is 5.81. The van der Waals surface area contributed by atoms with Gasteiger partial charge >= 0.3 is 6.09 Å². The first kappa shape index (κ1) is 14.8. The molecule has 4 nitrogen and oxygen atoms in total. The van der Waals surface area contributed by atoms with Gasteiger partial charge in [0.05, 0.1) is 5.02 Å². The summed E-state index contributed by atoms with van der Waals surface area (Å²) in [5.41, 5.74) is 0.898. The molecule has 2 rings (SSSR count). The molecule has 0 aliphatic heterocycles. The standard InChI is InChI=1S/C14H15ClN2O2S/c1-14(2,3)19-13(18)17-9-4-5-10(11(15)8-9)12-16-6-7-20-12/h4-8H,1-3H3,(H,17,18). The van der Waals surface area contributed by atoms with E-state index in [-0.39, 0.29) is 0 Å². The van der Waals surface area contributed by atoms with Crippen LogP contribution in [0.25, 0.3) is 10.6 Å². The van der Waals surface area contributed by atoms with Gasteiger partial charge in [-0.2, -0.15) is 0 Å². The van der Waals surface area contributed by atoms with Crippen molar-refractivity contribution in [3.05, 3.63) is 34.8 Å². The lowest BCUT2D eigenvalue weighted by Gasteiger charge is -2.19. The Hall–Kier alpha value is -1.59. The predicted molar refractivity (Wildman–Crippen MR) is 82.4 cm³/mol. The van der Waals surface area contributed by atoms with Crippen molar-refractivity contribution in [1.29, 1.82) is 0 Å². The molecular weight excluding hydrogens is 296 g/mol. The van der Waals surface area contributed by atoms with Gasteiger partial charge in [-0.25, -0.2) is 9.78 Å². The number of carbonyl (C=O) groups excluding carboxylic acids is 1. The molecule has 1 N–H and O–H groups in total. The summed E-state index contributed by atoms with van der Waals surface area (Å²) in [6.45, 7) is 5.43. The molecule has 0 fully saturated rings. The van der Waals surface area contributed by atoms with Crippen molar-refractivity contribution in [2.75, 3.05) is 5.32 Å². The molecule has 0 aliphatic rings. The molecule has 20 heavy (non-hydrogen) atoms. The molecule has 0 aliphatic carbocycles. The predicted octanol–water partition coefficient (Wildman–Crippen LogP) is 4.81. The number of aromatic nitrogens is 1. The van der Waals surface area contributed by atoms with Crippen LogP contribution in [0.4, 0.5) is 10.5 Å². The molecule has 1 aromatic carbocycles. The fraction of sp³-hybridized carbons (Fsp3) is 0.286. The first-order valence-electron chi connectivity index (χ1n) is 6.04. The zero-order valence-electron chi connectivity index (χ0n) is 11.4. The van der Waals surface area contributed by atoms with Crippen molar-refractivity contribution in [2.24, 2.45) is 0 Å². The smallest absolute Gasteiger partial charge is 0.412 e. The fourth-order valence-electron chi connectivity index (χ4n) is 1.54. The fourth-order valence-corrected chi connectivity index (χ4v) is 2.55. The van der Waals surface area contributed by atoms with E-state index in [9.17, 15) is 4.79 Å². The summed E-state index contributed by atoms with van der Waals surface area (Å²) >= 11 is 7.72. The summed E-state index contributed by atoms with van der Waals surface area (Å²) in [7, 11) is 0. The van der Waals surface area contributed by atoms with Gasteiger partial charge in [0.2, 0.25) is 0 Å². The van der Waals surface area contributed by atoms with Gasteiger partial charge in [-0.05, 0) is 39.0 Å². The molecule has 0 radical (unpaired) electrons. The Kier molecular flexibility index (Phi) is 4.30. The first-order valence-corrected chi connectivity index (χ1v) is 7.30. The number of rotatable bonds is 2. The SMILES string of the molecule is CC(C)(C)OC(=O)Nc1ccc(-c2nccs2)c(Cl)c1. The van der Waals surface area contributed by atoms with Gasteiger partial charge in [-0.15, -0.1) is 11.3 Å². The Labute approximate surface area is 126 Å². The number of benzene rings is 1. The van der Waals surface area contributed by atoms with E-state index < -0.39 is 11.7 Å². The lowest BCUT2D eigenvalue weighted by molar-refractivity contribution is 0.0636. The monoisotopic (exact) mass is 310 g/mol. The van der Waals surface area contributed by atoms with Crippen LogP contribution in [0.3, 0.4) is 0 Å². The van der Waals surface area contributed by atoms with Gasteiger partial charge in [0.25, 0.3) is 0 Å². The van der Waals surface area contributed by atoms with Gasteiger partial charge < -0.3 is 4.74 Å². The highest BCUT2D eigenvalue weighted by Crippen LogP contribution is 2.31. The number of amides is 1. The average Bonchev–Trinajstić information content (AvgIpc) is 2.79. The summed E-state index contributed by atoms with van der Waals surface area (Å²) in [6.07, 6.45) is 1.22. The van der Waals surface area contributed by atoms with Crippen LogP contribution in [0.1, 0.15) is 20.8 Å². The van der Waals surface area contributed by atoms with Crippen LogP contribution in [0.5, 0.6) is 0 Å². The number of nitrogens with one attached hydrogen (secondary N) is 1. The van der Waals surface area contributed by atoms with Crippen molar-refractivity contribution in [3.8, 4) is 10.6 Å². The maximum absolute atomic E-state index is 11.7. The third kappa shape index (κ3) is 3.95. The van der Waals surface area contributed by atoms with Gasteiger partial charge in [0, 0.05) is 22.8 Å². The Bertz CT molecular complexity index is 606. The highest BCUT2D eigenvalue weighted by molar-refractivity contribution is 7.13. The number of anilines is 1. The van der Waals surface area contributed by atoms with Gasteiger partial charge in [0.15, 0.2) is 0 Å². The second-order valence-corrected chi connectivity index (χ2v) is 6.46. The zero-order valence-corrected chi connectivity index (χ0v) is 13.0. The van der Waals surface area contributed by atoms with Crippen LogP contribution in [0.15, 0.2) is 29.8 Å². The van der Waals surface area contributed by atoms with E-state index in [4.69, 9.17) is 16.3 Å². The van der Waals surface area contributed by atoms with E-state index in [0.717, 1.165) is 10.6 Å². The number of thiazole rings is 1. The Morgan fingerprint density at radius 1 is 1.40 bits per heavy atom. The van der Waals surface area contributed by atoms with E-state index >= 15 is 0 Å². The van der Waals surface area contributed by atoms with Crippen LogP contribution in [0.2, 0.25) is 5.02 Å². The molecule has 0 bridgehead atoms. The van der Waals surface area contributed by atoms with E-state index in [1.54, 1.807) is 18.3 Å². The minimum absolute atomic E-state index is 0.504. The molecule has 0 saturated carbocycles. The summed E-state index contributed by atoms with van der Waals surface area (Å²) in [5, 5.41) is 5.92. The molecule has 1 amide bonds. The summed E-state index contributed by atoms with van der Waals surface area (Å²) in [6, 6.07) is 5.28. The number of halogens is 1. The molecular formula is C14H15ClN2O2S. The molecule has 0 atom stereocenters. The molecule has 6 heteroatoms. The van der Waals surface area contributed by atoms with Crippen LogP contribution in [-0.2, 0) is 4.74 Å². The molecule has 2 aromatic rings. The topological polar surface area (TPSA) is 51.2 Å². The van der Waals surface area contributed by atoms with Crippen molar-refractivity contribution < 1.29 is 9.53 Å². The highest BCUT2D eigenvalue weighted by atomic mass is 35.5. The van der Waals surface area contributed by atoms with Crippen molar-refractivity contribution in [2.45, 2.75) is 26.4 Å². The van der Waals surface area contributed by atoms with Gasteiger partial charge in [0.1, 0.15) is 10.6 Å². The maximum Gasteiger partial charge on any atom is 0.412 e. The van der Waals surface area contributed by atoms with E-state index in [2.05, 4.69) is 10.3 Å². The van der Waals surface area contributed by atoms with E-state index in [0.29, 0.717) is 10.7 Å². The minimum atomic E-state index is -0.533. The number of ether oxygens (including phenoxy) is 1. The summed E-state index contributed by atoms with van der Waals surface area (Å²) < 4.78 is 5.18. The molecule has 1 aromatic heterocycles. The third-order valence-electron chi connectivity index (χ3n) is 2.28. The zero-order chi connectivity index (χ0) is 14.8. The van der Waals surface area contributed by atoms with Gasteiger partial charge in [-0.1, -0.05) is 11.6 Å². The van der Waals surface area contributed by atoms with Crippen LogP contribution < -0.4 is 5.32 Å². The summed E-state index contributed by atoms with van der Waals surface area (Å²) in [4.78, 5) is 15.9. The van der Waals surface area contributed by atoms with Crippen LogP contribution in [-0.4, -0.2) is 16.7 Å². The number of hydrogen-bond acceptors (Lipinski definition) is 4. The third-order valence-corrected chi connectivity index (χ3v) is 3.40. The number of carbonyl (C=O) groups is 1. The van der Waals surface area contributed by atoms with E-state index in [1.165, 1.54) is 11.3 Å². The van der Waals surface area contributed by atoms with Crippen molar-refractivity contribution >= 4 is 34.7 Å². The quantitative estimate of drug-likeness (QED) is 0.866. The molecule has 0 spiro atoms. The first-order chi connectivity index (χ1) is 9.35. The average molecular weight is 311 g/mol. The van der Waals surface area contributed by atoms with Gasteiger partial charge in [-0.3, -0.25) is 5.32 Å². The lowest BCUT2D eigenvalue weighted by Crippen LogP contribution is -2.27. The van der Waals surface area contributed by atoms with Crippen LogP contribution in [0, 0.1) is 0 Å². The Morgan fingerprint density at radius 3 is 2.70 bits per heavy atom. The maximum atomic E-state index is 11.7. The lowest BCUT2D eigenvalue weighted by atomic mass is 10.2. The second-order valence-electron chi connectivity index (χ2n) is 5.16. The molecule has 106 valence electrons. The number of hydrogen-bond donors (Lipinski definition) is 1. The van der Waals surface area contributed by atoms with Crippen LogP contribution >= 0.6 is 22.9 Å². The molecule has 1 heterocycles. The number of nitrogens with zero attached hydrogens (tertiary/aromatic N) is 1. The van der Waals surface area contributed by atoms with Crippen molar-refractivity contribution in [1.82, 2.24) is 4.98 Å². The summed E-state index contributed by atoms with van der Waals surface area (Å²) in [5.74, 6) is 0. The van der Waals surface area contributed by atoms with Crippen molar-refractivity contribution in [3.63, 3.8) is 0 Å². The van der Waals surface area contributed by atoms with E-state index in [1.807, 2.05) is 32.2 Å². The Balaban J connectivity index is 2.12. The minimum Gasteiger partial charge on any atom is -0.444 e.